The Morgan fingerprint density at radius 2 is 0.508 bits per heavy atom. The van der Waals surface area contributed by atoms with Crippen LogP contribution in [-0.2, 0) is 16.7 Å². The van der Waals surface area contributed by atoms with E-state index in [2.05, 4.69) is 20.8 Å². The number of nitrogens with zero attached hydrogens (tertiary/aromatic N) is 1. The van der Waals surface area contributed by atoms with Crippen molar-refractivity contribution in [2.24, 2.45) is 0 Å². The van der Waals surface area contributed by atoms with Crippen LogP contribution in [0.15, 0.2) is 29.2 Å². The topological polar surface area (TPSA) is 54.4 Å². The van der Waals surface area contributed by atoms with Crippen molar-refractivity contribution in [3.63, 3.8) is 0 Å². The third-order valence-electron chi connectivity index (χ3n) is 14.4. The summed E-state index contributed by atoms with van der Waals surface area (Å²) < 4.78 is 34.6. The van der Waals surface area contributed by atoms with Crippen molar-refractivity contribution >= 4 is 10.1 Å². The summed E-state index contributed by atoms with van der Waals surface area (Å²) in [6, 6.07) is 7.19. The lowest BCUT2D eigenvalue weighted by molar-refractivity contribution is -0.941. The Balaban J connectivity index is 2.65. The van der Waals surface area contributed by atoms with Crippen molar-refractivity contribution in [2.75, 3.05) is 19.6 Å². The molecule has 0 fully saturated rings. The molecule has 0 radical (unpaired) electrons. The molecule has 372 valence electrons. The SMILES string of the molecule is CCCCCCCCCCCCCCCCC[N+](CCCCCCCCCCCCCCCCC)(CCCCCCCCCCCCCCCCC)Cc1ccc(S(=O)(=O)O)cc1. The lowest BCUT2D eigenvalue weighted by atomic mass is 10.0. The Morgan fingerprint density at radius 3 is 0.698 bits per heavy atom. The normalized spacial score (nSPS) is 12.2. The van der Waals surface area contributed by atoms with Crippen molar-refractivity contribution in [3.05, 3.63) is 29.8 Å². The van der Waals surface area contributed by atoms with E-state index in [0.29, 0.717) is 0 Å². The van der Waals surface area contributed by atoms with Crippen molar-refractivity contribution in [1.29, 1.82) is 0 Å². The van der Waals surface area contributed by atoms with Gasteiger partial charge in [0.1, 0.15) is 6.54 Å². The highest BCUT2D eigenvalue weighted by Gasteiger charge is 2.27. The lowest BCUT2D eigenvalue weighted by Crippen LogP contribution is -2.49. The fourth-order valence-corrected chi connectivity index (χ4v) is 10.7. The highest BCUT2D eigenvalue weighted by molar-refractivity contribution is 7.85. The molecular formula is C58H112NO3S+. The number of benzene rings is 1. The van der Waals surface area contributed by atoms with Crippen molar-refractivity contribution in [2.45, 2.75) is 321 Å². The number of rotatable bonds is 51. The van der Waals surface area contributed by atoms with E-state index in [1.807, 2.05) is 12.1 Å². The minimum absolute atomic E-state index is 0.0107. The zero-order chi connectivity index (χ0) is 45.6. The van der Waals surface area contributed by atoms with E-state index in [-0.39, 0.29) is 4.90 Å². The number of hydrogen-bond acceptors (Lipinski definition) is 2. The maximum absolute atomic E-state index is 11.9. The minimum atomic E-state index is -4.18. The first-order valence-electron chi connectivity index (χ1n) is 28.8. The summed E-state index contributed by atoms with van der Waals surface area (Å²) in [4.78, 5) is 0.0107. The Bertz CT molecular complexity index is 1080. The van der Waals surface area contributed by atoms with Crippen LogP contribution in [0.2, 0.25) is 0 Å². The van der Waals surface area contributed by atoms with Crippen LogP contribution >= 0.6 is 0 Å². The average molecular weight is 904 g/mol. The van der Waals surface area contributed by atoms with Gasteiger partial charge in [-0.2, -0.15) is 8.42 Å². The molecule has 5 heteroatoms. The monoisotopic (exact) mass is 903 g/mol. The third-order valence-corrected chi connectivity index (χ3v) is 15.3. The standard InChI is InChI=1S/C58H111NO3S/c1-4-7-10-13-16-19-22-25-28-31-34-37-40-43-46-53-59(56-57-49-51-58(52-50-57)63(60,61)62,54-47-44-41-38-35-32-29-26-23-20-17-14-11-8-5-2)55-48-45-42-39-36-33-30-27-24-21-18-15-12-9-6-3/h49-52H,4-48,53-56H2,1-3H3/p+1. The van der Waals surface area contributed by atoms with E-state index in [1.54, 1.807) is 12.1 Å². The maximum atomic E-state index is 11.9. The van der Waals surface area contributed by atoms with Gasteiger partial charge in [-0.05, 0) is 50.7 Å². The van der Waals surface area contributed by atoms with Crippen LogP contribution in [0, 0.1) is 0 Å². The second-order valence-electron chi connectivity index (χ2n) is 20.6. The molecule has 0 atom stereocenters. The highest BCUT2D eigenvalue weighted by Crippen LogP contribution is 2.24. The van der Waals surface area contributed by atoms with Crippen molar-refractivity contribution in [1.82, 2.24) is 0 Å². The first kappa shape index (κ1) is 60.1. The van der Waals surface area contributed by atoms with E-state index in [9.17, 15) is 13.0 Å². The molecule has 0 saturated heterocycles. The molecule has 1 aromatic carbocycles. The molecule has 0 heterocycles. The Hall–Kier alpha value is -0.910. The largest absolute Gasteiger partial charge is 0.320 e. The summed E-state index contributed by atoms with van der Waals surface area (Å²) in [5.41, 5.74) is 1.21. The second-order valence-corrected chi connectivity index (χ2v) is 22.1. The fraction of sp³-hybridized carbons (Fsp3) is 0.897. The molecule has 0 bridgehead atoms. The van der Waals surface area contributed by atoms with E-state index in [4.69, 9.17) is 0 Å². The summed E-state index contributed by atoms with van der Waals surface area (Å²) in [5, 5.41) is 0. The summed E-state index contributed by atoms with van der Waals surface area (Å²) in [7, 11) is -4.18. The molecule has 0 spiro atoms. The number of unbranched alkanes of at least 4 members (excludes halogenated alkanes) is 42. The van der Waals surface area contributed by atoms with Gasteiger partial charge in [-0.15, -0.1) is 0 Å². The van der Waals surface area contributed by atoms with Gasteiger partial charge in [0, 0.05) is 5.56 Å². The van der Waals surface area contributed by atoms with Gasteiger partial charge in [-0.1, -0.05) is 283 Å². The molecule has 1 N–H and O–H groups in total. The molecule has 0 saturated carbocycles. The molecule has 0 aliphatic carbocycles. The number of hydrogen-bond donors (Lipinski definition) is 1. The average Bonchev–Trinajstić information content (AvgIpc) is 3.27. The summed E-state index contributed by atoms with van der Waals surface area (Å²) >= 11 is 0. The van der Waals surface area contributed by atoms with Crippen LogP contribution in [0.25, 0.3) is 0 Å². The van der Waals surface area contributed by atoms with E-state index >= 15 is 0 Å². The quantitative estimate of drug-likeness (QED) is 0.0403. The minimum Gasteiger partial charge on any atom is -0.320 e. The van der Waals surface area contributed by atoms with Crippen molar-refractivity contribution < 1.29 is 17.5 Å². The fourth-order valence-electron chi connectivity index (χ4n) is 10.2. The van der Waals surface area contributed by atoms with Crippen LogP contribution in [0.1, 0.15) is 315 Å². The molecule has 0 aliphatic heterocycles. The first-order chi connectivity index (χ1) is 30.9. The van der Waals surface area contributed by atoms with Gasteiger partial charge in [0.25, 0.3) is 10.1 Å². The molecule has 0 amide bonds. The highest BCUT2D eigenvalue weighted by atomic mass is 32.2. The lowest BCUT2D eigenvalue weighted by Gasteiger charge is -2.39. The summed E-state index contributed by atoms with van der Waals surface area (Å²) in [6.45, 7) is 11.6. The molecule has 4 nitrogen and oxygen atoms in total. The van der Waals surface area contributed by atoms with Gasteiger partial charge < -0.3 is 4.48 Å². The predicted molar refractivity (Wildman–Crippen MR) is 280 cm³/mol. The molecule has 0 aliphatic rings. The molecule has 1 rings (SSSR count). The maximum Gasteiger partial charge on any atom is 0.294 e. The first-order valence-corrected chi connectivity index (χ1v) is 30.2. The van der Waals surface area contributed by atoms with E-state index in [1.165, 1.54) is 314 Å². The van der Waals surface area contributed by atoms with E-state index < -0.39 is 10.1 Å². The second kappa shape index (κ2) is 44.9. The Labute approximate surface area is 396 Å². The van der Waals surface area contributed by atoms with Gasteiger partial charge in [0.05, 0.1) is 24.5 Å². The summed E-state index contributed by atoms with van der Waals surface area (Å²) in [6.07, 6.45) is 62.8. The smallest absolute Gasteiger partial charge is 0.294 e. The van der Waals surface area contributed by atoms with Crippen molar-refractivity contribution in [3.8, 4) is 0 Å². The van der Waals surface area contributed by atoms with Crippen LogP contribution in [-0.4, -0.2) is 37.1 Å². The zero-order valence-corrected chi connectivity index (χ0v) is 43.9. The van der Waals surface area contributed by atoms with Crippen LogP contribution in [0.5, 0.6) is 0 Å². The van der Waals surface area contributed by atoms with Gasteiger partial charge >= 0.3 is 0 Å². The molecule has 0 unspecified atom stereocenters. The van der Waals surface area contributed by atoms with Crippen LogP contribution < -0.4 is 0 Å². The molecule has 0 aromatic heterocycles. The number of quaternary nitrogens is 1. The van der Waals surface area contributed by atoms with Gasteiger partial charge in [0.2, 0.25) is 0 Å². The van der Waals surface area contributed by atoms with Gasteiger partial charge in [0.15, 0.2) is 0 Å². The Kier molecular flexibility index (Phi) is 42.8. The molecule has 1 aromatic rings. The van der Waals surface area contributed by atoms with Gasteiger partial charge in [-0.3, -0.25) is 4.55 Å². The zero-order valence-electron chi connectivity index (χ0n) is 43.1. The van der Waals surface area contributed by atoms with Gasteiger partial charge in [-0.25, -0.2) is 0 Å². The van der Waals surface area contributed by atoms with Crippen LogP contribution in [0.3, 0.4) is 0 Å². The third kappa shape index (κ3) is 38.9. The van der Waals surface area contributed by atoms with Crippen LogP contribution in [0.4, 0.5) is 0 Å². The molecule has 63 heavy (non-hydrogen) atoms. The summed E-state index contributed by atoms with van der Waals surface area (Å²) in [5.74, 6) is 0. The Morgan fingerprint density at radius 1 is 0.317 bits per heavy atom. The van der Waals surface area contributed by atoms with E-state index in [0.717, 1.165) is 11.0 Å². The predicted octanol–water partition coefficient (Wildman–Crippen LogP) is 19.9. The molecular weight excluding hydrogens is 791 g/mol.